The molecule has 1 fully saturated rings. The fourth-order valence-electron chi connectivity index (χ4n) is 1.73. The average Bonchev–Trinajstić information content (AvgIpc) is 2.39. The Morgan fingerprint density at radius 3 is 2.62 bits per heavy atom. The number of ether oxygens (including phenoxy) is 1. The van der Waals surface area contributed by atoms with Gasteiger partial charge in [0.05, 0.1) is 0 Å². The van der Waals surface area contributed by atoms with E-state index in [1.54, 1.807) is 4.90 Å². The van der Waals surface area contributed by atoms with Crippen LogP contribution in [0.1, 0.15) is 40.0 Å². The number of hydrogen-bond donors (Lipinski definition) is 2. The average molecular weight is 230 g/mol. The van der Waals surface area contributed by atoms with Gasteiger partial charge in [-0.05, 0) is 40.0 Å². The summed E-state index contributed by atoms with van der Waals surface area (Å²) in [6, 6.07) is 0.0902. The molecule has 0 aromatic rings. The summed E-state index contributed by atoms with van der Waals surface area (Å²) in [7, 11) is 0. The zero-order chi connectivity index (χ0) is 12.2. The van der Waals surface area contributed by atoms with Gasteiger partial charge in [-0.2, -0.15) is 0 Å². The smallest absolute Gasteiger partial charge is 0.410 e. The van der Waals surface area contributed by atoms with Crippen molar-refractivity contribution in [1.82, 2.24) is 10.4 Å². The summed E-state index contributed by atoms with van der Waals surface area (Å²) in [5, 5.41) is 8.84. The second-order valence-corrected chi connectivity index (χ2v) is 5.22. The van der Waals surface area contributed by atoms with Crippen LogP contribution in [-0.2, 0) is 4.74 Å². The largest absolute Gasteiger partial charge is 0.444 e. The maximum atomic E-state index is 11.8. The fourth-order valence-corrected chi connectivity index (χ4v) is 1.73. The lowest BCUT2D eigenvalue weighted by Crippen LogP contribution is -2.38. The first kappa shape index (κ1) is 13.3. The minimum Gasteiger partial charge on any atom is -0.444 e. The molecule has 0 aromatic carbocycles. The first-order valence-corrected chi connectivity index (χ1v) is 5.80. The minimum atomic E-state index is -0.446. The van der Waals surface area contributed by atoms with Gasteiger partial charge in [-0.15, -0.1) is 0 Å². The topological polar surface area (TPSA) is 61.8 Å². The maximum absolute atomic E-state index is 11.8. The van der Waals surface area contributed by atoms with E-state index < -0.39 is 5.60 Å². The summed E-state index contributed by atoms with van der Waals surface area (Å²) in [5.41, 5.74) is 1.83. The third-order valence-electron chi connectivity index (χ3n) is 2.56. The van der Waals surface area contributed by atoms with Gasteiger partial charge in [-0.25, -0.2) is 10.3 Å². The Kier molecular flexibility index (Phi) is 4.56. The second-order valence-electron chi connectivity index (χ2n) is 5.22. The van der Waals surface area contributed by atoms with E-state index in [1.807, 2.05) is 20.8 Å². The van der Waals surface area contributed by atoms with Crippen molar-refractivity contribution in [2.24, 2.45) is 0 Å². The molecular formula is C11H22N2O3. The van der Waals surface area contributed by atoms with Crippen molar-refractivity contribution < 1.29 is 14.7 Å². The van der Waals surface area contributed by atoms with E-state index in [4.69, 9.17) is 9.94 Å². The molecule has 1 amide bonds. The van der Waals surface area contributed by atoms with Crippen molar-refractivity contribution in [2.75, 3.05) is 13.1 Å². The lowest BCUT2D eigenvalue weighted by molar-refractivity contribution is 0.0252. The first-order chi connectivity index (χ1) is 7.42. The van der Waals surface area contributed by atoms with Crippen molar-refractivity contribution in [1.29, 1.82) is 0 Å². The molecule has 0 aliphatic carbocycles. The number of hydrogen-bond acceptors (Lipinski definition) is 4. The Morgan fingerprint density at radius 1 is 1.38 bits per heavy atom. The van der Waals surface area contributed by atoms with Gasteiger partial charge in [0, 0.05) is 19.1 Å². The van der Waals surface area contributed by atoms with Crippen LogP contribution in [0.15, 0.2) is 0 Å². The van der Waals surface area contributed by atoms with Crippen molar-refractivity contribution >= 4 is 6.09 Å². The Bertz CT molecular complexity index is 238. The molecule has 1 saturated heterocycles. The van der Waals surface area contributed by atoms with Crippen molar-refractivity contribution in [3.63, 3.8) is 0 Å². The van der Waals surface area contributed by atoms with Gasteiger partial charge < -0.3 is 14.8 Å². The molecule has 16 heavy (non-hydrogen) atoms. The third-order valence-corrected chi connectivity index (χ3v) is 2.56. The highest BCUT2D eigenvalue weighted by Gasteiger charge is 2.24. The van der Waals surface area contributed by atoms with Crippen molar-refractivity contribution in [3.8, 4) is 0 Å². The van der Waals surface area contributed by atoms with Crippen LogP contribution >= 0.6 is 0 Å². The number of nitrogens with zero attached hydrogens (tertiary/aromatic N) is 1. The third kappa shape index (κ3) is 4.37. The quantitative estimate of drug-likeness (QED) is 0.674. The van der Waals surface area contributed by atoms with Gasteiger partial charge in [-0.1, -0.05) is 0 Å². The van der Waals surface area contributed by atoms with Crippen LogP contribution in [-0.4, -0.2) is 40.9 Å². The summed E-state index contributed by atoms with van der Waals surface area (Å²) in [6.07, 6.45) is 2.27. The Morgan fingerprint density at radius 2 is 2.06 bits per heavy atom. The lowest BCUT2D eigenvalue weighted by Gasteiger charge is -2.26. The number of hydroxylamine groups is 1. The van der Waals surface area contributed by atoms with Crippen LogP contribution in [0.25, 0.3) is 0 Å². The highest BCUT2D eigenvalue weighted by atomic mass is 16.6. The molecule has 1 atom stereocenters. The summed E-state index contributed by atoms with van der Waals surface area (Å²) in [5.74, 6) is 0. The Labute approximate surface area is 96.7 Å². The van der Waals surface area contributed by atoms with Crippen LogP contribution in [0.3, 0.4) is 0 Å². The van der Waals surface area contributed by atoms with Gasteiger partial charge in [0.1, 0.15) is 5.60 Å². The number of rotatable bonds is 1. The molecule has 2 N–H and O–H groups in total. The Balaban J connectivity index is 2.45. The lowest BCUT2D eigenvalue weighted by atomic mass is 10.1. The van der Waals surface area contributed by atoms with Gasteiger partial charge in [0.2, 0.25) is 0 Å². The van der Waals surface area contributed by atoms with Gasteiger partial charge in [0.25, 0.3) is 0 Å². The molecule has 1 aliphatic heterocycles. The molecule has 94 valence electrons. The van der Waals surface area contributed by atoms with Gasteiger partial charge in [-0.3, -0.25) is 0 Å². The molecule has 1 rings (SSSR count). The van der Waals surface area contributed by atoms with E-state index in [0.717, 1.165) is 19.3 Å². The van der Waals surface area contributed by atoms with E-state index in [9.17, 15) is 4.79 Å². The number of carbonyl (C=O) groups is 1. The minimum absolute atomic E-state index is 0.0902. The van der Waals surface area contributed by atoms with E-state index >= 15 is 0 Å². The predicted octanol–water partition coefficient (Wildman–Crippen LogP) is 1.75. The standard InChI is InChI=1S/C11H22N2O3/c1-11(2,3)16-10(14)13-7-4-5-9(12-15)6-8-13/h9,12,15H,4-8H2,1-3H3. The fraction of sp³-hybridized carbons (Fsp3) is 0.909. The monoisotopic (exact) mass is 230 g/mol. The highest BCUT2D eigenvalue weighted by molar-refractivity contribution is 5.68. The van der Waals surface area contributed by atoms with Crippen LogP contribution in [0.5, 0.6) is 0 Å². The predicted molar refractivity (Wildman–Crippen MR) is 60.4 cm³/mol. The van der Waals surface area contributed by atoms with Gasteiger partial charge in [0.15, 0.2) is 0 Å². The Hall–Kier alpha value is -0.810. The van der Waals surface area contributed by atoms with Crippen molar-refractivity contribution in [3.05, 3.63) is 0 Å². The summed E-state index contributed by atoms with van der Waals surface area (Å²) in [4.78, 5) is 13.5. The van der Waals surface area contributed by atoms with Gasteiger partial charge >= 0.3 is 6.09 Å². The first-order valence-electron chi connectivity index (χ1n) is 5.80. The molecule has 0 saturated carbocycles. The van der Waals surface area contributed by atoms with Crippen LogP contribution in [0.2, 0.25) is 0 Å². The zero-order valence-corrected chi connectivity index (χ0v) is 10.3. The number of amides is 1. The molecule has 1 heterocycles. The SMILES string of the molecule is CC(C)(C)OC(=O)N1CCCC(NO)CC1. The zero-order valence-electron chi connectivity index (χ0n) is 10.3. The molecule has 0 spiro atoms. The van der Waals surface area contributed by atoms with Crippen LogP contribution in [0, 0.1) is 0 Å². The summed E-state index contributed by atoms with van der Waals surface area (Å²) < 4.78 is 5.31. The molecule has 0 aromatic heterocycles. The molecular weight excluding hydrogens is 208 g/mol. The van der Waals surface area contributed by atoms with E-state index in [2.05, 4.69) is 5.48 Å². The summed E-state index contributed by atoms with van der Waals surface area (Å²) in [6.45, 7) is 6.92. The second kappa shape index (κ2) is 5.50. The molecule has 0 bridgehead atoms. The molecule has 5 heteroatoms. The maximum Gasteiger partial charge on any atom is 0.410 e. The normalized spacial score (nSPS) is 22.8. The van der Waals surface area contributed by atoms with E-state index in [-0.39, 0.29) is 12.1 Å². The molecule has 1 unspecified atom stereocenters. The van der Waals surface area contributed by atoms with Crippen LogP contribution < -0.4 is 5.48 Å². The number of likely N-dealkylation sites (tertiary alicyclic amines) is 1. The number of nitrogens with one attached hydrogen (secondary N) is 1. The van der Waals surface area contributed by atoms with E-state index in [0.29, 0.717) is 13.1 Å². The van der Waals surface area contributed by atoms with Crippen LogP contribution in [0.4, 0.5) is 4.79 Å². The highest BCUT2D eigenvalue weighted by Crippen LogP contribution is 2.15. The molecule has 5 nitrogen and oxygen atoms in total. The number of carbonyl (C=O) groups excluding carboxylic acids is 1. The van der Waals surface area contributed by atoms with Crippen molar-refractivity contribution in [2.45, 2.75) is 51.7 Å². The van der Waals surface area contributed by atoms with E-state index in [1.165, 1.54) is 0 Å². The summed E-state index contributed by atoms with van der Waals surface area (Å²) >= 11 is 0. The molecule has 1 aliphatic rings. The molecule has 0 radical (unpaired) electrons.